The van der Waals surface area contributed by atoms with Gasteiger partial charge in [-0.25, -0.2) is 0 Å². The van der Waals surface area contributed by atoms with Gasteiger partial charge >= 0.3 is 6.92 Å². The van der Waals surface area contributed by atoms with E-state index in [0.29, 0.717) is 6.71 Å². The molecule has 2 aromatic rings. The molecule has 3 heteroatoms. The lowest BCUT2D eigenvalue weighted by atomic mass is 9.30. The van der Waals surface area contributed by atoms with Crippen LogP contribution in [0.15, 0.2) is 48.5 Å². The first-order chi connectivity index (χ1) is 7.79. The summed E-state index contributed by atoms with van der Waals surface area (Å²) in [5.41, 5.74) is 4.59. The zero-order valence-corrected chi connectivity index (χ0v) is 9.22. The standard InChI is InChI=1S/C13H12B2O/c1-14-10-6-2-4-8-12(10)15(16)13-9-5-3-7-11(13)14/h2-9,16H,1H3. The predicted octanol–water partition coefficient (Wildman–Crippen LogP) is -0.663. The summed E-state index contributed by atoms with van der Waals surface area (Å²) in [6.07, 6.45) is 0. The maximum Gasteiger partial charge on any atom is 0.357 e. The highest BCUT2D eigenvalue weighted by molar-refractivity contribution is 6.99. The third-order valence-corrected chi connectivity index (χ3v) is 3.51. The van der Waals surface area contributed by atoms with Crippen LogP contribution in [0.5, 0.6) is 0 Å². The summed E-state index contributed by atoms with van der Waals surface area (Å²) in [4.78, 5) is 0. The van der Waals surface area contributed by atoms with Crippen molar-refractivity contribution < 1.29 is 5.02 Å². The van der Waals surface area contributed by atoms with Crippen LogP contribution in [0.4, 0.5) is 0 Å². The lowest BCUT2D eigenvalue weighted by Crippen LogP contribution is -2.67. The Morgan fingerprint density at radius 1 is 0.750 bits per heavy atom. The maximum absolute atomic E-state index is 10.3. The molecule has 1 aliphatic heterocycles. The van der Waals surface area contributed by atoms with E-state index in [1.165, 1.54) is 10.9 Å². The molecular weight excluding hydrogens is 194 g/mol. The molecule has 1 aliphatic rings. The van der Waals surface area contributed by atoms with Crippen molar-refractivity contribution in [2.45, 2.75) is 6.82 Å². The number of benzene rings is 2. The zero-order valence-electron chi connectivity index (χ0n) is 9.22. The molecule has 0 saturated heterocycles. The third kappa shape index (κ3) is 1.25. The Bertz CT molecular complexity index is 443. The van der Waals surface area contributed by atoms with Crippen molar-refractivity contribution in [2.24, 2.45) is 0 Å². The zero-order chi connectivity index (χ0) is 11.1. The minimum Gasteiger partial charge on any atom is -0.443 e. The van der Waals surface area contributed by atoms with Gasteiger partial charge in [0, 0.05) is 0 Å². The molecule has 0 amide bonds. The monoisotopic (exact) mass is 206 g/mol. The van der Waals surface area contributed by atoms with E-state index < -0.39 is 6.92 Å². The normalized spacial score (nSPS) is 13.4. The average molecular weight is 206 g/mol. The SMILES string of the molecule is CB1c2ccccc2B(O)c2ccccc21. The van der Waals surface area contributed by atoms with Crippen molar-refractivity contribution in [3.63, 3.8) is 0 Å². The number of hydrogen-bond donors (Lipinski definition) is 1. The van der Waals surface area contributed by atoms with E-state index in [1.807, 2.05) is 36.4 Å². The van der Waals surface area contributed by atoms with E-state index in [4.69, 9.17) is 0 Å². The minimum absolute atomic E-state index is 0.371. The summed E-state index contributed by atoms with van der Waals surface area (Å²) in [5.74, 6) is 0. The van der Waals surface area contributed by atoms with Crippen molar-refractivity contribution in [1.82, 2.24) is 0 Å². The van der Waals surface area contributed by atoms with Crippen LogP contribution in [-0.2, 0) is 0 Å². The van der Waals surface area contributed by atoms with Crippen LogP contribution in [0.2, 0.25) is 6.82 Å². The van der Waals surface area contributed by atoms with E-state index in [-0.39, 0.29) is 0 Å². The van der Waals surface area contributed by atoms with Crippen molar-refractivity contribution in [3.05, 3.63) is 48.5 Å². The van der Waals surface area contributed by atoms with Crippen LogP contribution in [0.3, 0.4) is 0 Å². The molecule has 2 aromatic carbocycles. The van der Waals surface area contributed by atoms with Crippen molar-refractivity contribution >= 4 is 35.5 Å². The largest absolute Gasteiger partial charge is 0.443 e. The molecule has 0 spiro atoms. The first-order valence-electron chi connectivity index (χ1n) is 5.64. The van der Waals surface area contributed by atoms with E-state index in [0.717, 1.165) is 10.9 Å². The Morgan fingerprint density at radius 3 is 1.56 bits per heavy atom. The Hall–Kier alpha value is -1.47. The van der Waals surface area contributed by atoms with Crippen LogP contribution < -0.4 is 21.9 Å². The average Bonchev–Trinajstić information content (AvgIpc) is 2.36. The third-order valence-electron chi connectivity index (χ3n) is 3.51. The molecular formula is C13H12B2O. The fraction of sp³-hybridized carbons (Fsp3) is 0.0769. The number of rotatable bonds is 0. The summed E-state index contributed by atoms with van der Waals surface area (Å²) in [6, 6.07) is 16.3. The van der Waals surface area contributed by atoms with Gasteiger partial charge in [-0.2, -0.15) is 0 Å². The second-order valence-corrected chi connectivity index (χ2v) is 4.38. The predicted molar refractivity (Wildman–Crippen MR) is 71.0 cm³/mol. The molecule has 0 atom stereocenters. The highest BCUT2D eigenvalue weighted by atomic mass is 16.2. The Kier molecular flexibility index (Phi) is 2.15. The lowest BCUT2D eigenvalue weighted by molar-refractivity contribution is 0.600. The van der Waals surface area contributed by atoms with Crippen molar-refractivity contribution in [2.75, 3.05) is 0 Å². The smallest absolute Gasteiger partial charge is 0.357 e. The quantitative estimate of drug-likeness (QED) is 0.567. The van der Waals surface area contributed by atoms with E-state index in [2.05, 4.69) is 19.0 Å². The molecule has 0 aromatic heterocycles. The highest BCUT2D eigenvalue weighted by Crippen LogP contribution is 1.97. The molecule has 0 fully saturated rings. The Labute approximate surface area is 96.3 Å². The topological polar surface area (TPSA) is 20.2 Å². The molecule has 0 aliphatic carbocycles. The summed E-state index contributed by atoms with van der Waals surface area (Å²) in [6.45, 7) is 2.10. The second-order valence-electron chi connectivity index (χ2n) is 4.38. The molecule has 1 N–H and O–H groups in total. The van der Waals surface area contributed by atoms with Gasteiger partial charge in [0.05, 0.1) is 0 Å². The van der Waals surface area contributed by atoms with Gasteiger partial charge in [0.1, 0.15) is 0 Å². The van der Waals surface area contributed by atoms with Gasteiger partial charge in [-0.3, -0.25) is 0 Å². The van der Waals surface area contributed by atoms with Gasteiger partial charge in [0.2, 0.25) is 6.71 Å². The summed E-state index contributed by atoms with van der Waals surface area (Å²) >= 11 is 0. The molecule has 76 valence electrons. The molecule has 1 nitrogen and oxygen atoms in total. The highest BCUT2D eigenvalue weighted by Gasteiger charge is 2.32. The van der Waals surface area contributed by atoms with Crippen LogP contribution in [0, 0.1) is 0 Å². The first kappa shape index (κ1) is 9.73. The van der Waals surface area contributed by atoms with Crippen LogP contribution in [0.25, 0.3) is 0 Å². The van der Waals surface area contributed by atoms with Crippen LogP contribution in [0.1, 0.15) is 0 Å². The van der Waals surface area contributed by atoms with Gasteiger partial charge in [-0.15, -0.1) is 0 Å². The van der Waals surface area contributed by atoms with E-state index >= 15 is 0 Å². The molecule has 0 bridgehead atoms. The molecule has 0 radical (unpaired) electrons. The fourth-order valence-electron chi connectivity index (χ4n) is 2.64. The fourth-order valence-corrected chi connectivity index (χ4v) is 2.64. The summed E-state index contributed by atoms with van der Waals surface area (Å²) < 4.78 is 0. The summed E-state index contributed by atoms with van der Waals surface area (Å²) in [7, 11) is 0. The van der Waals surface area contributed by atoms with Crippen molar-refractivity contribution in [1.29, 1.82) is 0 Å². The van der Waals surface area contributed by atoms with Gasteiger partial charge in [-0.05, 0) is 10.9 Å². The molecule has 1 heterocycles. The molecule has 0 saturated carbocycles. The van der Waals surface area contributed by atoms with E-state index in [9.17, 15) is 5.02 Å². The van der Waals surface area contributed by atoms with Gasteiger partial charge in [0.15, 0.2) is 0 Å². The number of hydrogen-bond acceptors (Lipinski definition) is 1. The first-order valence-corrected chi connectivity index (χ1v) is 5.64. The van der Waals surface area contributed by atoms with Gasteiger partial charge < -0.3 is 5.02 Å². The van der Waals surface area contributed by atoms with E-state index in [1.54, 1.807) is 0 Å². The lowest BCUT2D eigenvalue weighted by Gasteiger charge is -2.25. The van der Waals surface area contributed by atoms with Crippen molar-refractivity contribution in [3.8, 4) is 0 Å². The molecule has 0 unspecified atom stereocenters. The Balaban J connectivity index is 2.26. The van der Waals surface area contributed by atoms with Gasteiger partial charge in [-0.1, -0.05) is 66.3 Å². The van der Waals surface area contributed by atoms with Gasteiger partial charge in [0.25, 0.3) is 0 Å². The second kappa shape index (κ2) is 3.53. The maximum atomic E-state index is 10.3. The number of fused-ring (bicyclic) bond motifs is 2. The minimum atomic E-state index is -0.469. The van der Waals surface area contributed by atoms with Crippen LogP contribution >= 0.6 is 0 Å². The summed E-state index contributed by atoms with van der Waals surface area (Å²) in [5, 5.41) is 10.3. The molecule has 16 heavy (non-hydrogen) atoms. The van der Waals surface area contributed by atoms with Crippen LogP contribution in [-0.4, -0.2) is 18.7 Å². The Morgan fingerprint density at radius 2 is 1.12 bits per heavy atom. The molecule has 3 rings (SSSR count).